The topological polar surface area (TPSA) is 58.1 Å². The van der Waals surface area contributed by atoms with Crippen molar-refractivity contribution in [1.82, 2.24) is 15.5 Å². The van der Waals surface area contributed by atoms with Crippen LogP contribution in [0.15, 0.2) is 23.2 Å². The van der Waals surface area contributed by atoms with E-state index in [0.29, 0.717) is 12.0 Å². The maximum absolute atomic E-state index is 13.3. The number of guanidine groups is 1. The van der Waals surface area contributed by atoms with Gasteiger partial charge < -0.3 is 20.1 Å². The number of nitrogens with zero attached hydrogens (tertiary/aromatic N) is 2. The zero-order valence-electron chi connectivity index (χ0n) is 18.2. The van der Waals surface area contributed by atoms with Crippen LogP contribution in [0.25, 0.3) is 0 Å². The lowest BCUT2D eigenvalue weighted by molar-refractivity contribution is 0.00368. The Balaban J connectivity index is 0.00000320. The van der Waals surface area contributed by atoms with Gasteiger partial charge >= 0.3 is 0 Å². The molecule has 170 valence electrons. The van der Waals surface area contributed by atoms with E-state index in [-0.39, 0.29) is 29.8 Å². The van der Waals surface area contributed by atoms with Crippen LogP contribution in [0.3, 0.4) is 0 Å². The van der Waals surface area contributed by atoms with E-state index in [1.807, 2.05) is 13.0 Å². The number of hydrogen-bond acceptors (Lipinski definition) is 4. The second-order valence-electron chi connectivity index (χ2n) is 7.81. The van der Waals surface area contributed by atoms with E-state index in [9.17, 15) is 4.39 Å². The first kappa shape index (κ1) is 25.3. The van der Waals surface area contributed by atoms with Crippen LogP contribution in [0.2, 0.25) is 0 Å². The first-order valence-corrected chi connectivity index (χ1v) is 10.8. The van der Waals surface area contributed by atoms with Crippen LogP contribution in [0.5, 0.6) is 0 Å². The number of rotatable bonds is 8. The molecule has 1 aromatic carbocycles. The van der Waals surface area contributed by atoms with Crippen LogP contribution < -0.4 is 10.6 Å². The van der Waals surface area contributed by atoms with Gasteiger partial charge in [0.25, 0.3) is 0 Å². The Morgan fingerprint density at radius 3 is 2.70 bits per heavy atom. The molecule has 2 saturated heterocycles. The van der Waals surface area contributed by atoms with Crippen molar-refractivity contribution in [3.8, 4) is 0 Å². The van der Waals surface area contributed by atoms with Crippen LogP contribution in [0.4, 0.5) is 4.39 Å². The highest BCUT2D eigenvalue weighted by Crippen LogP contribution is 2.22. The molecule has 0 aromatic heterocycles. The number of ether oxygens (including phenoxy) is 2. The van der Waals surface area contributed by atoms with Crippen molar-refractivity contribution in [2.24, 2.45) is 10.9 Å². The van der Waals surface area contributed by atoms with E-state index < -0.39 is 0 Å². The molecule has 0 spiro atoms. The number of aliphatic imine (C=N–C) groups is 1. The van der Waals surface area contributed by atoms with Crippen LogP contribution in [-0.4, -0.2) is 76.1 Å². The first-order valence-electron chi connectivity index (χ1n) is 10.8. The number of halogens is 2. The van der Waals surface area contributed by atoms with Crippen molar-refractivity contribution in [2.45, 2.75) is 32.7 Å². The molecular weight excluding hydrogens is 498 g/mol. The average molecular weight is 534 g/mol. The fourth-order valence-corrected chi connectivity index (χ4v) is 4.11. The van der Waals surface area contributed by atoms with Crippen molar-refractivity contribution in [3.05, 3.63) is 35.1 Å². The summed E-state index contributed by atoms with van der Waals surface area (Å²) in [6.45, 7) is 11.5. The highest BCUT2D eigenvalue weighted by Gasteiger charge is 2.31. The van der Waals surface area contributed by atoms with Gasteiger partial charge in [-0.25, -0.2) is 4.39 Å². The molecule has 3 rings (SSSR count). The van der Waals surface area contributed by atoms with Gasteiger partial charge in [-0.3, -0.25) is 9.89 Å². The third-order valence-corrected chi connectivity index (χ3v) is 5.80. The van der Waals surface area contributed by atoms with Gasteiger partial charge in [-0.2, -0.15) is 0 Å². The van der Waals surface area contributed by atoms with Gasteiger partial charge in [0.15, 0.2) is 5.96 Å². The van der Waals surface area contributed by atoms with E-state index in [0.717, 1.165) is 89.1 Å². The molecule has 0 radical (unpaired) electrons. The largest absolute Gasteiger partial charge is 0.381 e. The summed E-state index contributed by atoms with van der Waals surface area (Å²) in [5.41, 5.74) is 2.14. The fourth-order valence-electron chi connectivity index (χ4n) is 4.11. The predicted molar refractivity (Wildman–Crippen MR) is 129 cm³/mol. The van der Waals surface area contributed by atoms with Crippen LogP contribution in [0.1, 0.15) is 24.5 Å². The molecule has 8 heteroatoms. The number of benzene rings is 1. The zero-order valence-corrected chi connectivity index (χ0v) is 20.5. The SMILES string of the molecule is CCNC(=NCC(C1CCOC1)N1CCOCC1)NCCc1ccc(F)cc1C.I. The van der Waals surface area contributed by atoms with Gasteiger partial charge in [-0.1, -0.05) is 6.07 Å². The molecule has 1 aromatic rings. The Morgan fingerprint density at radius 1 is 1.23 bits per heavy atom. The zero-order chi connectivity index (χ0) is 20.5. The van der Waals surface area contributed by atoms with E-state index >= 15 is 0 Å². The Bertz CT molecular complexity index is 665. The molecule has 0 amide bonds. The molecule has 30 heavy (non-hydrogen) atoms. The van der Waals surface area contributed by atoms with Crippen molar-refractivity contribution in [3.63, 3.8) is 0 Å². The summed E-state index contributed by atoms with van der Waals surface area (Å²) in [7, 11) is 0. The molecule has 2 atom stereocenters. The quantitative estimate of drug-likeness (QED) is 0.305. The predicted octanol–water partition coefficient (Wildman–Crippen LogP) is 2.59. The Morgan fingerprint density at radius 2 is 2.03 bits per heavy atom. The fraction of sp³-hybridized carbons (Fsp3) is 0.682. The highest BCUT2D eigenvalue weighted by atomic mass is 127. The molecule has 2 N–H and O–H groups in total. The summed E-state index contributed by atoms with van der Waals surface area (Å²) >= 11 is 0. The number of nitrogens with one attached hydrogen (secondary N) is 2. The Hall–Kier alpha value is -0.970. The van der Waals surface area contributed by atoms with Crippen LogP contribution in [0, 0.1) is 18.7 Å². The minimum atomic E-state index is -0.181. The number of aryl methyl sites for hydroxylation is 1. The maximum Gasteiger partial charge on any atom is 0.191 e. The van der Waals surface area contributed by atoms with Gasteiger partial charge in [-0.15, -0.1) is 24.0 Å². The lowest BCUT2D eigenvalue weighted by atomic mass is 9.97. The summed E-state index contributed by atoms with van der Waals surface area (Å²) in [4.78, 5) is 7.41. The molecule has 0 bridgehead atoms. The van der Waals surface area contributed by atoms with Crippen molar-refractivity contribution >= 4 is 29.9 Å². The summed E-state index contributed by atoms with van der Waals surface area (Å²) in [6.07, 6.45) is 1.94. The second kappa shape index (κ2) is 13.4. The van der Waals surface area contributed by atoms with Gasteiger partial charge in [0.05, 0.1) is 26.4 Å². The molecule has 6 nitrogen and oxygen atoms in total. The molecule has 2 fully saturated rings. The molecule has 2 unspecified atom stereocenters. The summed E-state index contributed by atoms with van der Waals surface area (Å²) < 4.78 is 24.5. The van der Waals surface area contributed by atoms with E-state index in [2.05, 4.69) is 22.5 Å². The van der Waals surface area contributed by atoms with Crippen molar-refractivity contribution < 1.29 is 13.9 Å². The monoisotopic (exact) mass is 534 g/mol. The highest BCUT2D eigenvalue weighted by molar-refractivity contribution is 14.0. The molecule has 0 saturated carbocycles. The molecule has 2 aliphatic heterocycles. The third-order valence-electron chi connectivity index (χ3n) is 5.80. The smallest absolute Gasteiger partial charge is 0.191 e. The Kier molecular flexibility index (Phi) is 11.3. The maximum atomic E-state index is 13.3. The summed E-state index contributed by atoms with van der Waals surface area (Å²) in [6, 6.07) is 5.37. The van der Waals surface area contributed by atoms with Crippen molar-refractivity contribution in [1.29, 1.82) is 0 Å². The van der Waals surface area contributed by atoms with Gasteiger partial charge in [0.1, 0.15) is 5.82 Å². The minimum Gasteiger partial charge on any atom is -0.381 e. The standard InChI is InChI=1S/C22H35FN4O2.HI/c1-3-24-22(25-8-6-18-4-5-20(23)14-17(18)2)26-15-21(19-7-11-29-16-19)27-9-12-28-13-10-27;/h4-5,14,19,21H,3,6-13,15-16H2,1-2H3,(H2,24,25,26);1H. The van der Waals surface area contributed by atoms with Gasteiger partial charge in [-0.05, 0) is 49.9 Å². The molecule has 2 heterocycles. The lowest BCUT2D eigenvalue weighted by Gasteiger charge is -2.36. The average Bonchev–Trinajstić information content (AvgIpc) is 3.25. The van der Waals surface area contributed by atoms with Crippen molar-refractivity contribution in [2.75, 3.05) is 59.2 Å². The van der Waals surface area contributed by atoms with Gasteiger partial charge in [0.2, 0.25) is 0 Å². The molecule has 2 aliphatic rings. The second-order valence-corrected chi connectivity index (χ2v) is 7.81. The number of hydrogen-bond donors (Lipinski definition) is 2. The minimum absolute atomic E-state index is 0. The van der Waals surface area contributed by atoms with E-state index in [1.54, 1.807) is 6.07 Å². The molecule has 0 aliphatic carbocycles. The van der Waals surface area contributed by atoms with Crippen LogP contribution >= 0.6 is 24.0 Å². The summed E-state index contributed by atoms with van der Waals surface area (Å²) in [5.74, 6) is 1.19. The normalized spacial score (nSPS) is 21.2. The summed E-state index contributed by atoms with van der Waals surface area (Å²) in [5, 5.41) is 6.78. The van der Waals surface area contributed by atoms with E-state index in [1.165, 1.54) is 6.07 Å². The first-order chi connectivity index (χ1) is 14.2. The lowest BCUT2D eigenvalue weighted by Crippen LogP contribution is -2.49. The van der Waals surface area contributed by atoms with Gasteiger partial charge in [0, 0.05) is 44.7 Å². The van der Waals surface area contributed by atoms with E-state index in [4.69, 9.17) is 14.5 Å². The third kappa shape index (κ3) is 7.62. The Labute approximate surface area is 197 Å². The number of morpholine rings is 1. The van der Waals surface area contributed by atoms with Crippen LogP contribution in [-0.2, 0) is 15.9 Å². The molecular formula is C22H36FIN4O2.